The van der Waals surface area contributed by atoms with Gasteiger partial charge in [0, 0.05) is 5.56 Å². The number of nitrogens with two attached hydrogens (primary N) is 1. The molecule has 3 nitrogen and oxygen atoms in total. The van der Waals surface area contributed by atoms with E-state index in [9.17, 15) is 0 Å². The molecule has 0 saturated carbocycles. The van der Waals surface area contributed by atoms with Crippen molar-refractivity contribution in [3.8, 4) is 11.1 Å². The Morgan fingerprint density at radius 1 is 1.11 bits per heavy atom. The van der Waals surface area contributed by atoms with Crippen LogP contribution < -0.4 is 11.4 Å². The molecule has 0 aliphatic heterocycles. The highest BCUT2D eigenvalue weighted by Crippen LogP contribution is 2.24. The van der Waals surface area contributed by atoms with Crippen LogP contribution in [-0.4, -0.2) is 5.71 Å². The van der Waals surface area contributed by atoms with Crippen molar-refractivity contribution in [3.05, 3.63) is 59.7 Å². The van der Waals surface area contributed by atoms with Gasteiger partial charge in [0.15, 0.2) is 0 Å². The number of hydrazine groups is 1. The van der Waals surface area contributed by atoms with Crippen molar-refractivity contribution in [2.45, 2.75) is 20.3 Å². The molecule has 19 heavy (non-hydrogen) atoms. The van der Waals surface area contributed by atoms with E-state index in [1.54, 1.807) is 0 Å². The van der Waals surface area contributed by atoms with Gasteiger partial charge in [0.25, 0.3) is 0 Å². The SMILES string of the molecule is CCc1ccc(-c2ccccc2/C(C)=N/NN)cc1. The molecule has 0 saturated heterocycles. The fourth-order valence-corrected chi connectivity index (χ4v) is 2.13. The van der Waals surface area contributed by atoms with Gasteiger partial charge in [-0.1, -0.05) is 55.5 Å². The molecule has 0 atom stereocenters. The van der Waals surface area contributed by atoms with Gasteiger partial charge < -0.3 is 0 Å². The Balaban J connectivity index is 2.46. The number of hydrogen-bond acceptors (Lipinski definition) is 3. The van der Waals surface area contributed by atoms with Crippen molar-refractivity contribution in [2.24, 2.45) is 10.9 Å². The van der Waals surface area contributed by atoms with Crippen LogP contribution in [0.3, 0.4) is 0 Å². The predicted molar refractivity (Wildman–Crippen MR) is 80.8 cm³/mol. The molecule has 0 spiro atoms. The molecule has 98 valence electrons. The Labute approximate surface area is 114 Å². The van der Waals surface area contributed by atoms with Crippen LogP contribution in [0.15, 0.2) is 53.6 Å². The predicted octanol–water partition coefficient (Wildman–Crippen LogP) is 3.10. The average Bonchev–Trinajstić information content (AvgIpc) is 2.47. The van der Waals surface area contributed by atoms with E-state index in [1.165, 1.54) is 16.7 Å². The fourth-order valence-electron chi connectivity index (χ4n) is 2.13. The summed E-state index contributed by atoms with van der Waals surface area (Å²) in [6.07, 6.45) is 1.06. The zero-order chi connectivity index (χ0) is 13.7. The summed E-state index contributed by atoms with van der Waals surface area (Å²) in [5, 5.41) is 4.06. The minimum atomic E-state index is 0.873. The van der Waals surface area contributed by atoms with E-state index in [-0.39, 0.29) is 0 Å². The third-order valence-corrected chi connectivity index (χ3v) is 3.22. The Bertz CT molecular complexity index is 571. The average molecular weight is 253 g/mol. The summed E-state index contributed by atoms with van der Waals surface area (Å²) in [6.45, 7) is 4.10. The van der Waals surface area contributed by atoms with Crippen molar-refractivity contribution in [2.75, 3.05) is 0 Å². The number of hydrazone groups is 1. The lowest BCUT2D eigenvalue weighted by molar-refractivity contribution is 0.805. The summed E-state index contributed by atoms with van der Waals surface area (Å²) in [5.41, 5.74) is 8.02. The molecule has 2 aromatic carbocycles. The maximum atomic E-state index is 5.26. The van der Waals surface area contributed by atoms with E-state index in [0.29, 0.717) is 0 Å². The fraction of sp³-hybridized carbons (Fsp3) is 0.188. The van der Waals surface area contributed by atoms with Gasteiger partial charge in [-0.2, -0.15) is 5.10 Å². The first kappa shape index (κ1) is 13.3. The number of rotatable bonds is 4. The van der Waals surface area contributed by atoms with E-state index in [2.05, 4.69) is 54.0 Å². The molecule has 0 aliphatic rings. The molecule has 3 N–H and O–H groups in total. The standard InChI is InChI=1S/C16H19N3/c1-3-13-8-10-14(11-9-13)16-7-5-4-6-15(16)12(2)18-19-17/h4-11,19H,3,17H2,1-2H3/b18-12+. The third kappa shape index (κ3) is 3.01. The Kier molecular flexibility index (Phi) is 4.31. The van der Waals surface area contributed by atoms with Crippen LogP contribution >= 0.6 is 0 Å². The molecule has 0 unspecified atom stereocenters. The highest BCUT2D eigenvalue weighted by atomic mass is 15.5. The van der Waals surface area contributed by atoms with Gasteiger partial charge in [-0.05, 0) is 30.0 Å². The molecule has 0 fully saturated rings. The molecule has 0 radical (unpaired) electrons. The minimum Gasteiger partial charge on any atom is -0.245 e. The molecular weight excluding hydrogens is 234 g/mol. The van der Waals surface area contributed by atoms with Crippen LogP contribution in [0.5, 0.6) is 0 Å². The first-order chi connectivity index (χ1) is 9.26. The number of nitrogens with zero attached hydrogens (tertiary/aromatic N) is 1. The lowest BCUT2D eigenvalue weighted by Gasteiger charge is -2.10. The van der Waals surface area contributed by atoms with Crippen molar-refractivity contribution >= 4 is 5.71 Å². The quantitative estimate of drug-likeness (QED) is 0.500. The number of aryl methyl sites for hydroxylation is 1. The lowest BCUT2D eigenvalue weighted by atomic mass is 9.96. The zero-order valence-corrected chi connectivity index (χ0v) is 11.4. The molecule has 2 rings (SSSR count). The summed E-state index contributed by atoms with van der Waals surface area (Å²) in [7, 11) is 0. The van der Waals surface area contributed by atoms with Crippen LogP contribution in [0.2, 0.25) is 0 Å². The summed E-state index contributed by atoms with van der Waals surface area (Å²) in [4.78, 5) is 0. The maximum Gasteiger partial charge on any atom is 0.0666 e. The second-order valence-electron chi connectivity index (χ2n) is 4.42. The Morgan fingerprint density at radius 3 is 2.42 bits per heavy atom. The van der Waals surface area contributed by atoms with Gasteiger partial charge >= 0.3 is 0 Å². The van der Waals surface area contributed by atoms with E-state index in [1.807, 2.05) is 19.1 Å². The third-order valence-electron chi connectivity index (χ3n) is 3.22. The molecule has 0 aromatic heterocycles. The van der Waals surface area contributed by atoms with Gasteiger partial charge in [-0.3, -0.25) is 0 Å². The van der Waals surface area contributed by atoms with Crippen molar-refractivity contribution < 1.29 is 0 Å². The summed E-state index contributed by atoms with van der Waals surface area (Å²) in [6, 6.07) is 16.8. The highest BCUT2D eigenvalue weighted by molar-refractivity contribution is 6.04. The molecule has 0 heterocycles. The first-order valence-electron chi connectivity index (χ1n) is 6.45. The van der Waals surface area contributed by atoms with E-state index >= 15 is 0 Å². The van der Waals surface area contributed by atoms with Crippen molar-refractivity contribution in [3.63, 3.8) is 0 Å². The molecule has 0 bridgehead atoms. The second-order valence-corrected chi connectivity index (χ2v) is 4.42. The molecular formula is C16H19N3. The maximum absolute atomic E-state index is 5.26. The summed E-state index contributed by atoms with van der Waals surface area (Å²) in [5.74, 6) is 5.26. The molecule has 0 aliphatic carbocycles. The largest absolute Gasteiger partial charge is 0.245 e. The number of hydrogen-bond donors (Lipinski definition) is 2. The van der Waals surface area contributed by atoms with E-state index in [0.717, 1.165) is 17.7 Å². The Morgan fingerprint density at radius 2 is 1.79 bits per heavy atom. The van der Waals surface area contributed by atoms with Gasteiger partial charge in [0.1, 0.15) is 0 Å². The Hall–Kier alpha value is -2.13. The highest BCUT2D eigenvalue weighted by Gasteiger charge is 2.07. The monoisotopic (exact) mass is 253 g/mol. The van der Waals surface area contributed by atoms with Gasteiger partial charge in [0.2, 0.25) is 0 Å². The molecule has 2 aromatic rings. The van der Waals surface area contributed by atoms with Gasteiger partial charge in [-0.25, -0.2) is 11.4 Å². The zero-order valence-electron chi connectivity index (χ0n) is 11.4. The smallest absolute Gasteiger partial charge is 0.0666 e. The van der Waals surface area contributed by atoms with Crippen molar-refractivity contribution in [1.29, 1.82) is 0 Å². The summed E-state index contributed by atoms with van der Waals surface area (Å²) >= 11 is 0. The van der Waals surface area contributed by atoms with E-state index < -0.39 is 0 Å². The second kappa shape index (κ2) is 6.16. The lowest BCUT2D eigenvalue weighted by Crippen LogP contribution is -2.16. The number of benzene rings is 2. The molecule has 3 heteroatoms. The van der Waals surface area contributed by atoms with Gasteiger partial charge in [0.05, 0.1) is 5.71 Å². The van der Waals surface area contributed by atoms with E-state index in [4.69, 9.17) is 5.84 Å². The van der Waals surface area contributed by atoms with Crippen molar-refractivity contribution in [1.82, 2.24) is 5.53 Å². The summed E-state index contributed by atoms with van der Waals surface area (Å²) < 4.78 is 0. The first-order valence-corrected chi connectivity index (χ1v) is 6.45. The molecule has 0 amide bonds. The topological polar surface area (TPSA) is 50.4 Å². The normalized spacial score (nSPS) is 11.4. The van der Waals surface area contributed by atoms with Crippen LogP contribution in [-0.2, 0) is 6.42 Å². The van der Waals surface area contributed by atoms with Gasteiger partial charge in [-0.15, -0.1) is 0 Å². The van der Waals surface area contributed by atoms with Crippen LogP contribution in [0.4, 0.5) is 0 Å². The number of nitrogens with one attached hydrogen (secondary N) is 1. The minimum absolute atomic E-state index is 0.873. The van der Waals surface area contributed by atoms with Crippen LogP contribution in [0, 0.1) is 0 Å². The van der Waals surface area contributed by atoms with Crippen LogP contribution in [0.25, 0.3) is 11.1 Å². The van der Waals surface area contributed by atoms with Crippen LogP contribution in [0.1, 0.15) is 25.0 Å².